The molecule has 3 nitrogen and oxygen atoms in total. The Hall–Kier alpha value is -1.57. The highest BCUT2D eigenvalue weighted by Crippen LogP contribution is 2.08. The van der Waals surface area contributed by atoms with Gasteiger partial charge in [0.15, 0.2) is 0 Å². The van der Waals surface area contributed by atoms with E-state index in [4.69, 9.17) is 0 Å². The quantitative estimate of drug-likeness (QED) is 0.686. The fourth-order valence-electron chi connectivity index (χ4n) is 1.80. The van der Waals surface area contributed by atoms with Gasteiger partial charge in [-0.15, -0.1) is 0 Å². The van der Waals surface area contributed by atoms with Crippen LogP contribution in [-0.2, 0) is 11.2 Å². The van der Waals surface area contributed by atoms with Crippen molar-refractivity contribution in [1.29, 1.82) is 0 Å². The summed E-state index contributed by atoms with van der Waals surface area (Å²) in [5, 5.41) is 6.38. The molecule has 0 amide bonds. The molecule has 0 aromatic heterocycles. The Kier molecular flexibility index (Phi) is 3.18. The second-order valence-corrected chi connectivity index (χ2v) is 3.64. The number of hydrogen-bond donors (Lipinski definition) is 2. The Labute approximate surface area is 89.2 Å². The molecular formula is C12H14N2O. The molecule has 0 radical (unpaired) electrons. The third kappa shape index (κ3) is 2.46. The average molecular weight is 202 g/mol. The number of nitrogens with one attached hydrogen (secondary N) is 2. The van der Waals surface area contributed by atoms with Gasteiger partial charge >= 0.3 is 0 Å². The van der Waals surface area contributed by atoms with Gasteiger partial charge in [-0.2, -0.15) is 0 Å². The molecule has 0 bridgehead atoms. The molecule has 1 fully saturated rings. The van der Waals surface area contributed by atoms with Crippen LogP contribution in [0.4, 0.5) is 0 Å². The van der Waals surface area contributed by atoms with E-state index in [0.717, 1.165) is 19.5 Å². The molecule has 15 heavy (non-hydrogen) atoms. The van der Waals surface area contributed by atoms with Gasteiger partial charge in [0.25, 0.3) is 0 Å². The van der Waals surface area contributed by atoms with Gasteiger partial charge in [-0.1, -0.05) is 30.3 Å². The minimum Gasteiger partial charge on any atom is -0.377 e. The second kappa shape index (κ2) is 4.78. The summed E-state index contributed by atoms with van der Waals surface area (Å²) < 4.78 is 0. The predicted octanol–water partition coefficient (Wildman–Crippen LogP) is 0.506. The van der Waals surface area contributed by atoms with Crippen molar-refractivity contribution in [3.05, 3.63) is 41.6 Å². The zero-order valence-electron chi connectivity index (χ0n) is 8.49. The van der Waals surface area contributed by atoms with Crippen molar-refractivity contribution < 1.29 is 4.79 Å². The van der Waals surface area contributed by atoms with E-state index >= 15 is 0 Å². The smallest absolute Gasteiger partial charge is 0.147 e. The maximum atomic E-state index is 10.7. The molecule has 78 valence electrons. The number of carbonyl (C=O) groups excluding carboxylic acids is 1. The van der Waals surface area contributed by atoms with E-state index in [1.54, 1.807) is 0 Å². The molecule has 2 N–H and O–H groups in total. The van der Waals surface area contributed by atoms with Gasteiger partial charge in [-0.05, 0) is 12.0 Å². The van der Waals surface area contributed by atoms with Crippen molar-refractivity contribution >= 4 is 5.94 Å². The monoisotopic (exact) mass is 202 g/mol. The first-order valence-corrected chi connectivity index (χ1v) is 5.16. The van der Waals surface area contributed by atoms with Crippen molar-refractivity contribution in [2.75, 3.05) is 13.1 Å². The Morgan fingerprint density at radius 2 is 2.07 bits per heavy atom. The van der Waals surface area contributed by atoms with Crippen molar-refractivity contribution in [3.8, 4) is 0 Å². The van der Waals surface area contributed by atoms with Crippen LogP contribution in [0.2, 0.25) is 0 Å². The Bertz CT molecular complexity index is 368. The molecule has 1 heterocycles. The van der Waals surface area contributed by atoms with E-state index in [1.807, 2.05) is 24.1 Å². The highest BCUT2D eigenvalue weighted by molar-refractivity contribution is 5.54. The molecule has 0 aliphatic carbocycles. The van der Waals surface area contributed by atoms with Gasteiger partial charge in [0.2, 0.25) is 0 Å². The molecule has 0 spiro atoms. The molecule has 3 heteroatoms. The number of rotatable bonds is 2. The number of piperazine rings is 1. The van der Waals surface area contributed by atoms with Crippen LogP contribution < -0.4 is 10.6 Å². The summed E-state index contributed by atoms with van der Waals surface area (Å²) in [5.74, 6) is 1.97. The Balaban J connectivity index is 2.07. The SMILES string of the molecule is O=C=C1NCCNC1Cc1ccccc1. The van der Waals surface area contributed by atoms with Gasteiger partial charge < -0.3 is 10.6 Å². The van der Waals surface area contributed by atoms with Crippen LogP contribution in [0.15, 0.2) is 36.0 Å². The summed E-state index contributed by atoms with van der Waals surface area (Å²) >= 11 is 0. The third-order valence-corrected chi connectivity index (χ3v) is 2.57. The van der Waals surface area contributed by atoms with Crippen molar-refractivity contribution in [1.82, 2.24) is 10.6 Å². The molecule has 1 aliphatic heterocycles. The Morgan fingerprint density at radius 3 is 2.80 bits per heavy atom. The summed E-state index contributed by atoms with van der Waals surface area (Å²) in [5.41, 5.74) is 1.87. The predicted molar refractivity (Wildman–Crippen MR) is 59.1 cm³/mol. The number of benzene rings is 1. The standard InChI is InChI=1S/C12H14N2O/c15-9-12-11(13-6-7-14-12)8-10-4-2-1-3-5-10/h1-5,11,13-14H,6-8H2. The first-order valence-electron chi connectivity index (χ1n) is 5.16. The van der Waals surface area contributed by atoms with Crippen LogP contribution >= 0.6 is 0 Å². The van der Waals surface area contributed by atoms with Gasteiger partial charge in [-0.3, -0.25) is 0 Å². The van der Waals surface area contributed by atoms with Crippen LogP contribution in [0.25, 0.3) is 0 Å². The van der Waals surface area contributed by atoms with Gasteiger partial charge in [0.05, 0.1) is 6.04 Å². The van der Waals surface area contributed by atoms with Crippen molar-refractivity contribution in [3.63, 3.8) is 0 Å². The van der Waals surface area contributed by atoms with Gasteiger partial charge in [-0.25, -0.2) is 4.79 Å². The van der Waals surface area contributed by atoms with Crippen LogP contribution in [0.5, 0.6) is 0 Å². The van der Waals surface area contributed by atoms with E-state index in [2.05, 4.69) is 22.8 Å². The molecule has 1 aromatic rings. The largest absolute Gasteiger partial charge is 0.377 e. The molecule has 1 aromatic carbocycles. The summed E-state index contributed by atoms with van der Waals surface area (Å²) in [6.45, 7) is 1.69. The molecule has 1 saturated heterocycles. The van der Waals surface area contributed by atoms with Gasteiger partial charge in [0, 0.05) is 13.1 Å². The molecule has 1 unspecified atom stereocenters. The fraction of sp³-hybridized carbons (Fsp3) is 0.333. The van der Waals surface area contributed by atoms with Crippen molar-refractivity contribution in [2.45, 2.75) is 12.5 Å². The maximum absolute atomic E-state index is 10.7. The lowest BCUT2D eigenvalue weighted by molar-refractivity contribution is 0.474. The summed E-state index contributed by atoms with van der Waals surface area (Å²) in [6, 6.07) is 10.2. The van der Waals surface area contributed by atoms with Crippen LogP contribution in [0.3, 0.4) is 0 Å². The maximum Gasteiger partial charge on any atom is 0.147 e. The highest BCUT2D eigenvalue weighted by Gasteiger charge is 2.18. The molecule has 1 aliphatic rings. The average Bonchev–Trinajstić information content (AvgIpc) is 2.31. The lowest BCUT2D eigenvalue weighted by Gasteiger charge is -2.25. The van der Waals surface area contributed by atoms with Crippen LogP contribution in [-0.4, -0.2) is 25.1 Å². The van der Waals surface area contributed by atoms with Crippen LogP contribution in [0.1, 0.15) is 5.56 Å². The molecule has 1 atom stereocenters. The van der Waals surface area contributed by atoms with Crippen LogP contribution in [0, 0.1) is 0 Å². The fourth-order valence-corrected chi connectivity index (χ4v) is 1.80. The topological polar surface area (TPSA) is 41.1 Å². The third-order valence-electron chi connectivity index (χ3n) is 2.57. The second-order valence-electron chi connectivity index (χ2n) is 3.64. The van der Waals surface area contributed by atoms with E-state index in [9.17, 15) is 4.79 Å². The summed E-state index contributed by atoms with van der Waals surface area (Å²) in [7, 11) is 0. The number of hydrogen-bond acceptors (Lipinski definition) is 3. The molecule has 2 rings (SSSR count). The normalized spacial score (nSPS) is 20.5. The zero-order valence-corrected chi connectivity index (χ0v) is 8.49. The first kappa shape index (κ1) is 9.97. The molecule has 0 saturated carbocycles. The van der Waals surface area contributed by atoms with E-state index in [-0.39, 0.29) is 6.04 Å². The van der Waals surface area contributed by atoms with E-state index in [1.165, 1.54) is 5.56 Å². The first-order chi connectivity index (χ1) is 7.40. The molecular weight excluding hydrogens is 188 g/mol. The minimum absolute atomic E-state index is 0.0821. The van der Waals surface area contributed by atoms with Crippen molar-refractivity contribution in [2.24, 2.45) is 0 Å². The lowest BCUT2D eigenvalue weighted by Crippen LogP contribution is -2.47. The summed E-state index contributed by atoms with van der Waals surface area (Å²) in [4.78, 5) is 10.7. The minimum atomic E-state index is 0.0821. The lowest BCUT2D eigenvalue weighted by atomic mass is 10.0. The zero-order chi connectivity index (χ0) is 10.5. The van der Waals surface area contributed by atoms with Gasteiger partial charge in [0.1, 0.15) is 11.6 Å². The van der Waals surface area contributed by atoms with E-state index in [0.29, 0.717) is 5.70 Å². The highest BCUT2D eigenvalue weighted by atomic mass is 16.1. The van der Waals surface area contributed by atoms with E-state index < -0.39 is 0 Å². The summed E-state index contributed by atoms with van der Waals surface area (Å²) in [6.07, 6.45) is 0.832. The Morgan fingerprint density at radius 1 is 1.27 bits per heavy atom.